The van der Waals surface area contributed by atoms with E-state index in [-0.39, 0.29) is 11.6 Å². The van der Waals surface area contributed by atoms with E-state index in [4.69, 9.17) is 0 Å². The number of aromatic amines is 1. The first kappa shape index (κ1) is 16.5. The Bertz CT molecular complexity index is 905. The molecule has 1 unspecified atom stereocenters. The lowest BCUT2D eigenvalue weighted by atomic mass is 10.0. The predicted molar refractivity (Wildman–Crippen MR) is 97.7 cm³/mol. The van der Waals surface area contributed by atoms with Gasteiger partial charge in [-0.25, -0.2) is 9.97 Å². The Balaban J connectivity index is 1.58. The summed E-state index contributed by atoms with van der Waals surface area (Å²) in [7, 11) is 0. The molecule has 0 radical (unpaired) electrons. The Morgan fingerprint density at radius 2 is 2.15 bits per heavy atom. The molecule has 0 aliphatic carbocycles. The third-order valence-electron chi connectivity index (χ3n) is 4.57. The number of rotatable bonds is 6. The van der Waals surface area contributed by atoms with Crippen LogP contribution in [0.4, 0.5) is 5.95 Å². The van der Waals surface area contributed by atoms with Crippen LogP contribution in [0, 0.1) is 0 Å². The van der Waals surface area contributed by atoms with E-state index in [1.165, 1.54) is 6.33 Å². The summed E-state index contributed by atoms with van der Waals surface area (Å²) in [5.74, 6) is 0.505. The van der Waals surface area contributed by atoms with Crippen LogP contribution in [0.2, 0.25) is 0 Å². The van der Waals surface area contributed by atoms with Gasteiger partial charge >= 0.3 is 0 Å². The van der Waals surface area contributed by atoms with Gasteiger partial charge in [-0.2, -0.15) is 5.10 Å². The van der Waals surface area contributed by atoms with Crippen molar-refractivity contribution in [1.82, 2.24) is 30.0 Å². The number of aromatic nitrogens is 5. The smallest absolute Gasteiger partial charge is 0.255 e. The third kappa shape index (κ3) is 3.65. The number of fused-ring (bicyclic) bond motifs is 1. The highest BCUT2D eigenvalue weighted by Crippen LogP contribution is 2.21. The number of aryl methyl sites for hydroxylation is 1. The third-order valence-corrected chi connectivity index (χ3v) is 4.57. The summed E-state index contributed by atoms with van der Waals surface area (Å²) >= 11 is 0. The van der Waals surface area contributed by atoms with Crippen molar-refractivity contribution in [2.24, 2.45) is 0 Å². The van der Waals surface area contributed by atoms with Crippen molar-refractivity contribution >= 4 is 5.95 Å². The van der Waals surface area contributed by atoms with E-state index in [1.54, 1.807) is 11.0 Å². The molecule has 1 aromatic carbocycles. The molecule has 1 atom stereocenters. The maximum atomic E-state index is 12.4. The van der Waals surface area contributed by atoms with Gasteiger partial charge in [-0.3, -0.25) is 14.5 Å². The normalized spacial score (nSPS) is 14.6. The van der Waals surface area contributed by atoms with Crippen molar-refractivity contribution in [3.63, 3.8) is 0 Å². The van der Waals surface area contributed by atoms with E-state index in [2.05, 4.69) is 42.8 Å². The average Bonchev–Trinajstić information content (AvgIpc) is 3.19. The first-order valence-electron chi connectivity index (χ1n) is 8.76. The Hall–Kier alpha value is -3.00. The summed E-state index contributed by atoms with van der Waals surface area (Å²) in [6.45, 7) is 2.15. The molecule has 0 saturated carbocycles. The summed E-state index contributed by atoms with van der Waals surface area (Å²) < 4.78 is 1.80. The number of H-pyrrole nitrogens is 1. The molecule has 1 aliphatic heterocycles. The Kier molecular flexibility index (Phi) is 4.74. The largest absolute Gasteiger partial charge is 0.349 e. The SMILES string of the molecule is O=c1[nH]c(NC(CCn2cncn2)c2ccccc2)nc2c1CCNC2. The van der Waals surface area contributed by atoms with Gasteiger partial charge in [-0.1, -0.05) is 30.3 Å². The van der Waals surface area contributed by atoms with E-state index < -0.39 is 0 Å². The highest BCUT2D eigenvalue weighted by molar-refractivity contribution is 5.35. The predicted octanol–water partition coefficient (Wildman–Crippen LogP) is 1.25. The molecule has 0 amide bonds. The van der Waals surface area contributed by atoms with Crippen LogP contribution >= 0.6 is 0 Å². The molecule has 4 rings (SSSR count). The first-order valence-corrected chi connectivity index (χ1v) is 8.76. The fourth-order valence-corrected chi connectivity index (χ4v) is 3.22. The quantitative estimate of drug-likeness (QED) is 0.618. The highest BCUT2D eigenvalue weighted by Gasteiger charge is 2.18. The van der Waals surface area contributed by atoms with Gasteiger partial charge in [0, 0.05) is 18.7 Å². The summed E-state index contributed by atoms with van der Waals surface area (Å²) in [5.41, 5.74) is 2.69. The van der Waals surface area contributed by atoms with Gasteiger partial charge in [0.25, 0.3) is 5.56 Å². The Morgan fingerprint density at radius 3 is 2.96 bits per heavy atom. The molecular formula is C18H21N7O. The van der Waals surface area contributed by atoms with Gasteiger partial charge in [0.1, 0.15) is 12.7 Å². The lowest BCUT2D eigenvalue weighted by molar-refractivity contribution is 0.535. The molecule has 3 heterocycles. The molecule has 134 valence electrons. The van der Waals surface area contributed by atoms with E-state index in [0.717, 1.165) is 29.8 Å². The van der Waals surface area contributed by atoms with Crippen molar-refractivity contribution in [3.8, 4) is 0 Å². The second kappa shape index (κ2) is 7.49. The highest BCUT2D eigenvalue weighted by atomic mass is 16.1. The zero-order valence-corrected chi connectivity index (χ0v) is 14.4. The monoisotopic (exact) mass is 351 g/mol. The second-order valence-electron chi connectivity index (χ2n) is 6.32. The van der Waals surface area contributed by atoms with Gasteiger partial charge in [-0.05, 0) is 24.9 Å². The number of anilines is 1. The zero-order chi connectivity index (χ0) is 17.8. The molecule has 0 bridgehead atoms. The van der Waals surface area contributed by atoms with Crippen LogP contribution < -0.4 is 16.2 Å². The van der Waals surface area contributed by atoms with E-state index in [0.29, 0.717) is 25.5 Å². The van der Waals surface area contributed by atoms with E-state index in [1.807, 2.05) is 18.2 Å². The molecule has 0 saturated heterocycles. The average molecular weight is 351 g/mol. The molecule has 3 N–H and O–H groups in total. The van der Waals surface area contributed by atoms with Gasteiger partial charge in [0.2, 0.25) is 5.95 Å². The lowest BCUT2D eigenvalue weighted by Gasteiger charge is -2.21. The van der Waals surface area contributed by atoms with E-state index in [9.17, 15) is 4.79 Å². The fraction of sp³-hybridized carbons (Fsp3) is 0.333. The number of benzene rings is 1. The topological polar surface area (TPSA) is 101 Å². The Morgan fingerprint density at radius 1 is 1.27 bits per heavy atom. The summed E-state index contributed by atoms with van der Waals surface area (Å²) in [6.07, 6.45) is 4.73. The van der Waals surface area contributed by atoms with Gasteiger partial charge in [-0.15, -0.1) is 0 Å². The molecule has 0 fully saturated rings. The summed E-state index contributed by atoms with van der Waals surface area (Å²) in [6, 6.07) is 10.1. The molecule has 26 heavy (non-hydrogen) atoms. The van der Waals surface area contributed by atoms with Crippen LogP contribution in [0.15, 0.2) is 47.8 Å². The molecular weight excluding hydrogens is 330 g/mol. The molecule has 1 aliphatic rings. The zero-order valence-electron chi connectivity index (χ0n) is 14.4. The van der Waals surface area contributed by atoms with Crippen LogP contribution in [0.3, 0.4) is 0 Å². The van der Waals surface area contributed by atoms with Crippen molar-refractivity contribution < 1.29 is 0 Å². The van der Waals surface area contributed by atoms with Crippen LogP contribution in [0.1, 0.15) is 29.3 Å². The lowest BCUT2D eigenvalue weighted by Crippen LogP contribution is -2.32. The van der Waals surface area contributed by atoms with Crippen molar-refractivity contribution in [2.45, 2.75) is 32.0 Å². The number of nitrogens with zero attached hydrogens (tertiary/aromatic N) is 4. The van der Waals surface area contributed by atoms with Crippen LogP contribution in [0.25, 0.3) is 0 Å². The molecule has 0 spiro atoms. The second-order valence-corrected chi connectivity index (χ2v) is 6.32. The standard InChI is InChI=1S/C18H21N7O/c26-17-14-6-8-19-10-16(14)23-18(24-17)22-15(13-4-2-1-3-5-13)7-9-25-12-20-11-21-25/h1-5,11-12,15,19H,6-10H2,(H2,22,23,24,26). The van der Waals surface area contributed by atoms with Crippen LogP contribution in [-0.2, 0) is 19.5 Å². The van der Waals surface area contributed by atoms with Crippen LogP contribution in [-0.4, -0.2) is 31.3 Å². The number of hydrogen-bond donors (Lipinski definition) is 3. The van der Waals surface area contributed by atoms with Crippen molar-refractivity contribution in [1.29, 1.82) is 0 Å². The number of nitrogens with one attached hydrogen (secondary N) is 3. The minimum absolute atomic E-state index is 0.00171. The fourth-order valence-electron chi connectivity index (χ4n) is 3.22. The van der Waals surface area contributed by atoms with Gasteiger partial charge in [0.15, 0.2) is 0 Å². The molecule has 8 nitrogen and oxygen atoms in total. The summed E-state index contributed by atoms with van der Waals surface area (Å²) in [4.78, 5) is 23.9. The minimum Gasteiger partial charge on any atom is -0.349 e. The van der Waals surface area contributed by atoms with E-state index >= 15 is 0 Å². The van der Waals surface area contributed by atoms with Gasteiger partial charge in [0.05, 0.1) is 11.7 Å². The first-order chi connectivity index (χ1) is 12.8. The Labute approximate surface area is 150 Å². The summed E-state index contributed by atoms with van der Waals surface area (Å²) in [5, 5.41) is 10.8. The van der Waals surface area contributed by atoms with Crippen molar-refractivity contribution in [3.05, 3.63) is 70.2 Å². The van der Waals surface area contributed by atoms with Gasteiger partial charge < -0.3 is 10.6 Å². The maximum Gasteiger partial charge on any atom is 0.255 e. The molecule has 3 aromatic rings. The number of hydrogen-bond acceptors (Lipinski definition) is 6. The molecule has 2 aromatic heterocycles. The van der Waals surface area contributed by atoms with Crippen molar-refractivity contribution in [2.75, 3.05) is 11.9 Å². The van der Waals surface area contributed by atoms with Crippen LogP contribution in [0.5, 0.6) is 0 Å². The maximum absolute atomic E-state index is 12.4. The minimum atomic E-state index is -0.0536. The molecule has 8 heteroatoms.